The maximum absolute atomic E-state index is 9.78. The Balaban J connectivity index is 1.97. The minimum Gasteiger partial charge on any atom is -0.506 e. The van der Waals surface area contributed by atoms with Gasteiger partial charge in [-0.05, 0) is 30.5 Å². The van der Waals surface area contributed by atoms with Gasteiger partial charge in [-0.15, -0.1) is 0 Å². The van der Waals surface area contributed by atoms with E-state index in [1.54, 1.807) is 0 Å². The molecule has 3 nitrogen and oxygen atoms in total. The van der Waals surface area contributed by atoms with E-state index in [0.717, 1.165) is 24.0 Å². The van der Waals surface area contributed by atoms with Crippen molar-refractivity contribution in [3.05, 3.63) is 47.9 Å². The Labute approximate surface area is 93.1 Å². The number of oxazole rings is 1. The first-order chi connectivity index (χ1) is 7.84. The summed E-state index contributed by atoms with van der Waals surface area (Å²) in [7, 11) is 0. The van der Waals surface area contributed by atoms with E-state index in [-0.39, 0.29) is 5.76 Å². The fourth-order valence-electron chi connectivity index (χ4n) is 1.58. The van der Waals surface area contributed by atoms with Crippen LogP contribution < -0.4 is 0 Å². The van der Waals surface area contributed by atoms with Gasteiger partial charge in [0.1, 0.15) is 17.7 Å². The Morgan fingerprint density at radius 3 is 2.62 bits per heavy atom. The topological polar surface area (TPSA) is 46.3 Å². The Morgan fingerprint density at radius 1 is 1.19 bits per heavy atom. The predicted octanol–water partition coefficient (Wildman–Crippen LogP) is 3.40. The van der Waals surface area contributed by atoms with Gasteiger partial charge in [0, 0.05) is 5.56 Å². The quantitative estimate of drug-likeness (QED) is 0.777. The first-order valence-electron chi connectivity index (χ1n) is 5.27. The minimum absolute atomic E-state index is 0.283. The molecule has 1 fully saturated rings. The van der Waals surface area contributed by atoms with Crippen molar-refractivity contribution in [3.8, 4) is 11.5 Å². The first kappa shape index (κ1) is 9.21. The fraction of sp³-hybridized carbons (Fsp3) is 0.154. The van der Waals surface area contributed by atoms with Crippen LogP contribution in [-0.2, 0) is 0 Å². The normalized spacial score (nSPS) is 13.9. The summed E-state index contributed by atoms with van der Waals surface area (Å²) in [6.45, 7) is 0. The van der Waals surface area contributed by atoms with Crippen LogP contribution in [0.3, 0.4) is 0 Å². The monoisotopic (exact) mass is 213 g/mol. The molecule has 1 saturated carbocycles. The molecule has 1 aliphatic rings. The van der Waals surface area contributed by atoms with Gasteiger partial charge in [0.25, 0.3) is 0 Å². The molecule has 0 unspecified atom stereocenters. The summed E-state index contributed by atoms with van der Waals surface area (Å²) in [6.07, 6.45) is 3.45. The molecule has 0 spiro atoms. The zero-order valence-electron chi connectivity index (χ0n) is 8.68. The van der Waals surface area contributed by atoms with Crippen LogP contribution in [-0.4, -0.2) is 10.1 Å². The second-order valence-electron chi connectivity index (χ2n) is 3.86. The lowest BCUT2D eigenvalue weighted by Crippen LogP contribution is -1.83. The van der Waals surface area contributed by atoms with Gasteiger partial charge >= 0.3 is 0 Å². The maximum Gasteiger partial charge on any atom is 0.226 e. The molecule has 1 N–H and O–H groups in total. The third-order valence-electron chi connectivity index (χ3n) is 2.60. The molecular formula is C13H11NO2. The van der Waals surface area contributed by atoms with Crippen molar-refractivity contribution < 1.29 is 9.52 Å². The summed E-state index contributed by atoms with van der Waals surface area (Å²) >= 11 is 0. The molecule has 1 heterocycles. The van der Waals surface area contributed by atoms with Crippen molar-refractivity contribution >= 4 is 5.76 Å². The zero-order valence-corrected chi connectivity index (χ0v) is 8.68. The summed E-state index contributed by atoms with van der Waals surface area (Å²) in [4.78, 5) is 4.27. The Morgan fingerprint density at radius 2 is 1.94 bits per heavy atom. The molecular weight excluding hydrogens is 202 g/mol. The van der Waals surface area contributed by atoms with Crippen molar-refractivity contribution in [1.29, 1.82) is 0 Å². The smallest absolute Gasteiger partial charge is 0.226 e. The molecule has 0 bridgehead atoms. The molecule has 1 aliphatic carbocycles. The minimum atomic E-state index is 0.283. The summed E-state index contributed by atoms with van der Waals surface area (Å²) < 4.78 is 5.34. The molecule has 3 heteroatoms. The third-order valence-corrected chi connectivity index (χ3v) is 2.60. The highest BCUT2D eigenvalue weighted by atomic mass is 16.3. The Hall–Kier alpha value is -2.03. The van der Waals surface area contributed by atoms with Crippen LogP contribution >= 0.6 is 0 Å². The number of aliphatic hydroxyl groups excluding tert-OH is 1. The molecule has 0 radical (unpaired) electrons. The number of hydrogen-bond donors (Lipinski definition) is 1. The molecule has 1 aromatic carbocycles. The van der Waals surface area contributed by atoms with Gasteiger partial charge in [-0.2, -0.15) is 0 Å². The standard InChI is InChI=1S/C13H11NO2/c15-12(9-6-7-9)11-8-16-13(14-11)10-4-2-1-3-5-10/h1-5,8,15H,6-7H2. The lowest BCUT2D eigenvalue weighted by molar-refractivity contribution is 0.505. The van der Waals surface area contributed by atoms with Gasteiger partial charge in [-0.25, -0.2) is 4.98 Å². The number of rotatable bonds is 2. The van der Waals surface area contributed by atoms with Crippen LogP contribution in [0.15, 0.2) is 46.6 Å². The van der Waals surface area contributed by atoms with Crippen LogP contribution in [0, 0.1) is 0 Å². The van der Waals surface area contributed by atoms with Crippen molar-refractivity contribution in [3.63, 3.8) is 0 Å². The highest BCUT2D eigenvalue weighted by Gasteiger charge is 2.21. The van der Waals surface area contributed by atoms with Crippen LogP contribution in [0.1, 0.15) is 18.5 Å². The number of nitrogens with zero attached hydrogens (tertiary/aromatic N) is 1. The molecule has 80 valence electrons. The van der Waals surface area contributed by atoms with Gasteiger partial charge in [0.15, 0.2) is 0 Å². The maximum atomic E-state index is 9.78. The Bertz CT molecular complexity index is 534. The summed E-state index contributed by atoms with van der Waals surface area (Å²) in [5.41, 5.74) is 2.52. The average Bonchev–Trinajstić information content (AvgIpc) is 3.07. The third kappa shape index (κ3) is 1.60. The van der Waals surface area contributed by atoms with E-state index in [2.05, 4.69) is 4.98 Å². The number of hydrogen-bond acceptors (Lipinski definition) is 3. The summed E-state index contributed by atoms with van der Waals surface area (Å²) in [5, 5.41) is 9.78. The van der Waals surface area contributed by atoms with Crippen molar-refractivity contribution in [1.82, 2.24) is 4.98 Å². The number of aromatic nitrogens is 1. The molecule has 0 aliphatic heterocycles. The van der Waals surface area contributed by atoms with E-state index in [1.165, 1.54) is 6.26 Å². The van der Waals surface area contributed by atoms with Gasteiger partial charge in [0.2, 0.25) is 5.89 Å². The molecule has 1 aromatic heterocycles. The zero-order chi connectivity index (χ0) is 11.0. The van der Waals surface area contributed by atoms with Crippen LogP contribution in [0.4, 0.5) is 0 Å². The summed E-state index contributed by atoms with van der Waals surface area (Å²) in [5.74, 6) is 0.828. The van der Waals surface area contributed by atoms with E-state index in [1.807, 2.05) is 30.3 Å². The summed E-state index contributed by atoms with van der Waals surface area (Å²) in [6, 6.07) is 9.65. The van der Waals surface area contributed by atoms with E-state index >= 15 is 0 Å². The number of benzene rings is 1. The lowest BCUT2D eigenvalue weighted by atomic mass is 10.2. The first-order valence-corrected chi connectivity index (χ1v) is 5.27. The SMILES string of the molecule is OC(=C1CC1)c1coc(-c2ccccc2)n1. The Kier molecular flexibility index (Phi) is 2.03. The highest BCUT2D eigenvalue weighted by molar-refractivity contribution is 5.64. The molecule has 0 atom stereocenters. The van der Waals surface area contributed by atoms with E-state index in [9.17, 15) is 5.11 Å². The van der Waals surface area contributed by atoms with Gasteiger partial charge in [-0.1, -0.05) is 18.2 Å². The molecule has 16 heavy (non-hydrogen) atoms. The molecule has 2 aromatic rings. The number of aliphatic hydroxyl groups is 1. The predicted molar refractivity (Wildman–Crippen MR) is 60.7 cm³/mol. The van der Waals surface area contributed by atoms with E-state index in [4.69, 9.17) is 4.42 Å². The van der Waals surface area contributed by atoms with Gasteiger partial charge < -0.3 is 9.52 Å². The van der Waals surface area contributed by atoms with Crippen molar-refractivity contribution in [2.24, 2.45) is 0 Å². The number of allylic oxidation sites excluding steroid dienone is 1. The van der Waals surface area contributed by atoms with Crippen molar-refractivity contribution in [2.75, 3.05) is 0 Å². The van der Waals surface area contributed by atoms with Gasteiger partial charge in [0.05, 0.1) is 0 Å². The molecule has 0 saturated heterocycles. The van der Waals surface area contributed by atoms with Crippen LogP contribution in [0.25, 0.3) is 17.2 Å². The average molecular weight is 213 g/mol. The fourth-order valence-corrected chi connectivity index (χ4v) is 1.58. The molecule has 0 amide bonds. The van der Waals surface area contributed by atoms with Crippen LogP contribution in [0.2, 0.25) is 0 Å². The van der Waals surface area contributed by atoms with E-state index in [0.29, 0.717) is 11.6 Å². The van der Waals surface area contributed by atoms with Crippen molar-refractivity contribution in [2.45, 2.75) is 12.8 Å². The van der Waals surface area contributed by atoms with Crippen LogP contribution in [0.5, 0.6) is 0 Å². The van der Waals surface area contributed by atoms with Gasteiger partial charge in [-0.3, -0.25) is 0 Å². The second kappa shape index (κ2) is 3.52. The molecule has 3 rings (SSSR count). The lowest BCUT2D eigenvalue weighted by Gasteiger charge is -1.92. The highest BCUT2D eigenvalue weighted by Crippen LogP contribution is 2.35. The van der Waals surface area contributed by atoms with E-state index < -0.39 is 0 Å². The second-order valence-corrected chi connectivity index (χ2v) is 3.86. The largest absolute Gasteiger partial charge is 0.506 e.